The van der Waals surface area contributed by atoms with E-state index in [-0.39, 0.29) is 11.8 Å². The molecule has 6 heteroatoms. The first-order valence-corrected chi connectivity index (χ1v) is 7.09. The van der Waals surface area contributed by atoms with Crippen molar-refractivity contribution in [1.82, 2.24) is 0 Å². The van der Waals surface area contributed by atoms with Gasteiger partial charge in [0.05, 0.1) is 23.6 Å². The molecule has 1 N–H and O–H groups in total. The normalized spacial score (nSPS) is 11.9. The predicted octanol–water partition coefficient (Wildman–Crippen LogP) is 4.94. The molecule has 2 aromatic carbocycles. The molecule has 0 aliphatic carbocycles. The third kappa shape index (κ3) is 4.74. The average molecular weight is 322 g/mol. The van der Waals surface area contributed by atoms with E-state index in [1.807, 2.05) is 19.9 Å². The third-order valence-electron chi connectivity index (χ3n) is 2.90. The van der Waals surface area contributed by atoms with Crippen LogP contribution >= 0.6 is 0 Å². The molecule has 0 amide bonds. The standard InChI is InChI=1S/C17H17F3N2O/c1-12(2)23-16-10-6-3-7-13(16)11-21-22-15-9-5-4-8-14(15)17(18,19)20/h3-12,22H,1-2H3/b21-11-. The number of para-hydroxylation sites is 2. The molecule has 0 saturated carbocycles. The van der Waals surface area contributed by atoms with Crippen molar-refractivity contribution in [3.63, 3.8) is 0 Å². The summed E-state index contributed by atoms with van der Waals surface area (Å²) in [6.45, 7) is 3.79. The number of nitrogens with zero attached hydrogens (tertiary/aromatic N) is 1. The molecule has 23 heavy (non-hydrogen) atoms. The summed E-state index contributed by atoms with van der Waals surface area (Å²) >= 11 is 0. The monoisotopic (exact) mass is 322 g/mol. The van der Waals surface area contributed by atoms with Crippen LogP contribution in [-0.2, 0) is 6.18 Å². The third-order valence-corrected chi connectivity index (χ3v) is 2.90. The lowest BCUT2D eigenvalue weighted by molar-refractivity contribution is -0.136. The second kappa shape index (κ2) is 7.17. The Hall–Kier alpha value is -2.50. The molecule has 3 nitrogen and oxygen atoms in total. The Morgan fingerprint density at radius 3 is 2.39 bits per heavy atom. The lowest BCUT2D eigenvalue weighted by Crippen LogP contribution is -2.09. The molecule has 2 aromatic rings. The molecule has 0 unspecified atom stereocenters. The van der Waals surface area contributed by atoms with Crippen LogP contribution < -0.4 is 10.2 Å². The summed E-state index contributed by atoms with van der Waals surface area (Å²) in [5.41, 5.74) is 2.26. The Morgan fingerprint density at radius 2 is 1.70 bits per heavy atom. The Morgan fingerprint density at radius 1 is 1.04 bits per heavy atom. The first kappa shape index (κ1) is 16.9. The van der Waals surface area contributed by atoms with E-state index in [0.29, 0.717) is 11.3 Å². The number of hydrogen-bond donors (Lipinski definition) is 1. The second-order valence-corrected chi connectivity index (χ2v) is 5.12. The summed E-state index contributed by atoms with van der Waals surface area (Å²) in [5.74, 6) is 0.622. The van der Waals surface area contributed by atoms with Crippen molar-refractivity contribution in [2.24, 2.45) is 5.10 Å². The lowest BCUT2D eigenvalue weighted by atomic mass is 10.2. The maximum absolute atomic E-state index is 12.9. The first-order chi connectivity index (χ1) is 10.9. The van der Waals surface area contributed by atoms with Crippen LogP contribution in [0.2, 0.25) is 0 Å². The SMILES string of the molecule is CC(C)Oc1ccccc1/C=N\Nc1ccccc1C(F)(F)F. The van der Waals surface area contributed by atoms with E-state index in [1.54, 1.807) is 18.2 Å². The number of halogens is 3. The maximum Gasteiger partial charge on any atom is 0.418 e. The lowest BCUT2D eigenvalue weighted by Gasteiger charge is -2.13. The summed E-state index contributed by atoms with van der Waals surface area (Å²) in [5, 5.41) is 3.90. The molecule has 0 aliphatic rings. The van der Waals surface area contributed by atoms with E-state index in [4.69, 9.17) is 4.74 Å². The van der Waals surface area contributed by atoms with Gasteiger partial charge in [-0.3, -0.25) is 5.43 Å². The number of anilines is 1. The van der Waals surface area contributed by atoms with E-state index in [2.05, 4.69) is 10.5 Å². The molecule has 2 rings (SSSR count). The minimum atomic E-state index is -4.43. The highest BCUT2D eigenvalue weighted by atomic mass is 19.4. The van der Waals surface area contributed by atoms with Crippen molar-refractivity contribution >= 4 is 11.9 Å². The zero-order valence-electron chi connectivity index (χ0n) is 12.8. The summed E-state index contributed by atoms with van der Waals surface area (Å²) < 4.78 is 44.3. The predicted molar refractivity (Wildman–Crippen MR) is 84.9 cm³/mol. The van der Waals surface area contributed by atoms with Gasteiger partial charge in [0, 0.05) is 5.56 Å². The number of rotatable bonds is 5. The van der Waals surface area contributed by atoms with E-state index < -0.39 is 11.7 Å². The summed E-state index contributed by atoms with van der Waals surface area (Å²) in [7, 11) is 0. The van der Waals surface area contributed by atoms with Crippen LogP contribution in [-0.4, -0.2) is 12.3 Å². The number of nitrogens with one attached hydrogen (secondary N) is 1. The van der Waals surface area contributed by atoms with Gasteiger partial charge in [-0.15, -0.1) is 0 Å². The molecule has 0 bridgehead atoms. The molecular weight excluding hydrogens is 305 g/mol. The average Bonchev–Trinajstić information content (AvgIpc) is 2.48. The van der Waals surface area contributed by atoms with Gasteiger partial charge in [-0.25, -0.2) is 0 Å². The maximum atomic E-state index is 12.9. The van der Waals surface area contributed by atoms with Gasteiger partial charge in [0.1, 0.15) is 5.75 Å². The van der Waals surface area contributed by atoms with Crippen LogP contribution in [0, 0.1) is 0 Å². The van der Waals surface area contributed by atoms with Crippen LogP contribution in [0.1, 0.15) is 25.0 Å². The van der Waals surface area contributed by atoms with Crippen molar-refractivity contribution in [3.05, 3.63) is 59.7 Å². The smallest absolute Gasteiger partial charge is 0.418 e. The fourth-order valence-electron chi connectivity index (χ4n) is 1.95. The Bertz CT molecular complexity index is 682. The summed E-state index contributed by atoms with van der Waals surface area (Å²) in [6, 6.07) is 12.4. The quantitative estimate of drug-likeness (QED) is 0.625. The number of ether oxygens (including phenoxy) is 1. The van der Waals surface area contributed by atoms with Crippen molar-refractivity contribution in [2.75, 3.05) is 5.43 Å². The Labute approximate surface area is 132 Å². The van der Waals surface area contributed by atoms with E-state index in [0.717, 1.165) is 6.07 Å². The summed E-state index contributed by atoms with van der Waals surface area (Å²) in [4.78, 5) is 0. The van der Waals surface area contributed by atoms with Gasteiger partial charge in [0.15, 0.2) is 0 Å². The zero-order chi connectivity index (χ0) is 16.9. The van der Waals surface area contributed by atoms with Gasteiger partial charge in [-0.2, -0.15) is 18.3 Å². The highest BCUT2D eigenvalue weighted by Crippen LogP contribution is 2.34. The van der Waals surface area contributed by atoms with Gasteiger partial charge < -0.3 is 4.74 Å². The number of alkyl halides is 3. The van der Waals surface area contributed by atoms with Gasteiger partial charge in [0.2, 0.25) is 0 Å². The topological polar surface area (TPSA) is 33.6 Å². The highest BCUT2D eigenvalue weighted by Gasteiger charge is 2.33. The molecule has 0 radical (unpaired) electrons. The van der Waals surface area contributed by atoms with Crippen molar-refractivity contribution in [1.29, 1.82) is 0 Å². The number of hydrazone groups is 1. The second-order valence-electron chi connectivity index (χ2n) is 5.12. The van der Waals surface area contributed by atoms with Crippen LogP contribution in [0.25, 0.3) is 0 Å². The molecule has 0 aliphatic heterocycles. The van der Waals surface area contributed by atoms with Crippen LogP contribution in [0.4, 0.5) is 18.9 Å². The van der Waals surface area contributed by atoms with E-state index in [9.17, 15) is 13.2 Å². The molecular formula is C17H17F3N2O. The van der Waals surface area contributed by atoms with Gasteiger partial charge in [0.25, 0.3) is 0 Å². The number of hydrogen-bond acceptors (Lipinski definition) is 3. The van der Waals surface area contributed by atoms with Crippen molar-refractivity contribution in [3.8, 4) is 5.75 Å². The highest BCUT2D eigenvalue weighted by molar-refractivity contribution is 5.84. The number of benzene rings is 2. The molecule has 0 heterocycles. The largest absolute Gasteiger partial charge is 0.490 e. The molecule has 0 saturated heterocycles. The molecule has 0 aromatic heterocycles. The fourth-order valence-corrected chi connectivity index (χ4v) is 1.95. The van der Waals surface area contributed by atoms with Gasteiger partial charge >= 0.3 is 6.18 Å². The van der Waals surface area contributed by atoms with E-state index in [1.165, 1.54) is 24.4 Å². The van der Waals surface area contributed by atoms with Crippen LogP contribution in [0.3, 0.4) is 0 Å². The van der Waals surface area contributed by atoms with Crippen LogP contribution in [0.5, 0.6) is 5.75 Å². The van der Waals surface area contributed by atoms with Gasteiger partial charge in [-0.05, 0) is 38.1 Å². The van der Waals surface area contributed by atoms with Gasteiger partial charge in [-0.1, -0.05) is 24.3 Å². The molecule has 122 valence electrons. The molecule has 0 fully saturated rings. The minimum Gasteiger partial charge on any atom is -0.490 e. The minimum absolute atomic E-state index is 0.0107. The molecule has 0 spiro atoms. The fraction of sp³-hybridized carbons (Fsp3) is 0.235. The molecule has 0 atom stereocenters. The Balaban J connectivity index is 2.18. The zero-order valence-corrected chi connectivity index (χ0v) is 12.8. The summed E-state index contributed by atoms with van der Waals surface area (Å²) in [6.07, 6.45) is -3.01. The Kier molecular flexibility index (Phi) is 5.26. The first-order valence-electron chi connectivity index (χ1n) is 7.09. The van der Waals surface area contributed by atoms with E-state index >= 15 is 0 Å². The van der Waals surface area contributed by atoms with Crippen molar-refractivity contribution in [2.45, 2.75) is 26.1 Å². The van der Waals surface area contributed by atoms with Crippen LogP contribution in [0.15, 0.2) is 53.6 Å². The van der Waals surface area contributed by atoms with Crippen molar-refractivity contribution < 1.29 is 17.9 Å².